The molecule has 6 heteroatoms. The van der Waals surface area contributed by atoms with Crippen LogP contribution in [-0.2, 0) is 13.0 Å². The first kappa shape index (κ1) is 13.1. The maximum absolute atomic E-state index is 5.92. The quantitative estimate of drug-likeness (QED) is 0.934. The summed E-state index contributed by atoms with van der Waals surface area (Å²) in [5.41, 5.74) is 2.85. The zero-order valence-electron chi connectivity index (χ0n) is 9.82. The van der Waals surface area contributed by atoms with E-state index in [4.69, 9.17) is 23.2 Å². The molecule has 0 saturated carbocycles. The van der Waals surface area contributed by atoms with E-state index in [1.807, 2.05) is 6.07 Å². The van der Waals surface area contributed by atoms with E-state index in [0.717, 1.165) is 12.1 Å². The van der Waals surface area contributed by atoms with Crippen LogP contribution >= 0.6 is 23.2 Å². The first-order chi connectivity index (χ1) is 8.70. The van der Waals surface area contributed by atoms with E-state index in [9.17, 15) is 0 Å². The van der Waals surface area contributed by atoms with Crippen LogP contribution in [0.3, 0.4) is 0 Å². The standard InChI is InChI=1S/C12H12Cl2N4/c1-2-8-4-3-5-15-10(8)7-16-9-6-11(13)17-18-12(9)14/h3-6H,2,7H2,1H3,(H,16,17). The molecule has 18 heavy (non-hydrogen) atoms. The third-order valence-electron chi connectivity index (χ3n) is 2.53. The van der Waals surface area contributed by atoms with Gasteiger partial charge in [-0.25, -0.2) is 0 Å². The number of rotatable bonds is 4. The van der Waals surface area contributed by atoms with E-state index >= 15 is 0 Å². The van der Waals surface area contributed by atoms with Gasteiger partial charge in [0.25, 0.3) is 0 Å². The van der Waals surface area contributed by atoms with Crippen molar-refractivity contribution in [2.45, 2.75) is 19.9 Å². The predicted octanol–water partition coefficient (Wildman–Crippen LogP) is 3.35. The molecule has 0 aromatic carbocycles. The molecule has 0 fully saturated rings. The van der Waals surface area contributed by atoms with Gasteiger partial charge in [-0.2, -0.15) is 0 Å². The lowest BCUT2D eigenvalue weighted by Crippen LogP contribution is -2.06. The Hall–Kier alpha value is -1.39. The molecule has 0 saturated heterocycles. The summed E-state index contributed by atoms with van der Waals surface area (Å²) in [6.45, 7) is 2.67. The van der Waals surface area contributed by atoms with Crippen molar-refractivity contribution in [2.24, 2.45) is 0 Å². The molecule has 1 N–H and O–H groups in total. The normalized spacial score (nSPS) is 10.4. The van der Waals surface area contributed by atoms with Crippen molar-refractivity contribution in [3.8, 4) is 0 Å². The number of anilines is 1. The minimum Gasteiger partial charge on any atom is -0.377 e. The highest BCUT2D eigenvalue weighted by atomic mass is 35.5. The molecule has 2 aromatic heterocycles. The van der Waals surface area contributed by atoms with E-state index in [0.29, 0.717) is 22.5 Å². The summed E-state index contributed by atoms with van der Waals surface area (Å²) in [6.07, 6.45) is 2.71. The lowest BCUT2D eigenvalue weighted by Gasteiger charge is -2.09. The second-order valence-corrected chi connectivity index (χ2v) is 4.43. The molecule has 0 aliphatic rings. The molecule has 0 spiro atoms. The molecule has 2 heterocycles. The molecular weight excluding hydrogens is 271 g/mol. The number of hydrogen-bond acceptors (Lipinski definition) is 4. The van der Waals surface area contributed by atoms with Crippen LogP contribution in [0.4, 0.5) is 5.69 Å². The summed E-state index contributed by atoms with van der Waals surface area (Å²) < 4.78 is 0. The molecule has 0 aliphatic carbocycles. The number of halogens is 2. The molecule has 0 radical (unpaired) electrons. The number of nitrogens with zero attached hydrogens (tertiary/aromatic N) is 3. The second kappa shape index (κ2) is 5.98. The summed E-state index contributed by atoms with van der Waals surface area (Å²) >= 11 is 11.7. The smallest absolute Gasteiger partial charge is 0.174 e. The Balaban J connectivity index is 2.14. The maximum Gasteiger partial charge on any atom is 0.174 e. The van der Waals surface area contributed by atoms with E-state index in [2.05, 4.69) is 33.5 Å². The highest BCUT2D eigenvalue weighted by Crippen LogP contribution is 2.21. The Labute approximate surface area is 115 Å². The van der Waals surface area contributed by atoms with Gasteiger partial charge >= 0.3 is 0 Å². The average molecular weight is 283 g/mol. The third kappa shape index (κ3) is 3.09. The Kier molecular flexibility index (Phi) is 4.33. The molecule has 2 rings (SSSR count). The molecule has 0 unspecified atom stereocenters. The number of aryl methyl sites for hydroxylation is 1. The van der Waals surface area contributed by atoms with Gasteiger partial charge in [0.2, 0.25) is 0 Å². The lowest BCUT2D eigenvalue weighted by molar-refractivity contribution is 0.962. The first-order valence-electron chi connectivity index (χ1n) is 5.56. The van der Waals surface area contributed by atoms with Gasteiger partial charge in [-0.05, 0) is 18.1 Å². The molecule has 4 nitrogen and oxygen atoms in total. The van der Waals surface area contributed by atoms with Gasteiger partial charge in [0.05, 0.1) is 17.9 Å². The number of nitrogens with one attached hydrogen (secondary N) is 1. The van der Waals surface area contributed by atoms with Gasteiger partial charge in [0.1, 0.15) is 0 Å². The van der Waals surface area contributed by atoms with Crippen LogP contribution in [0.5, 0.6) is 0 Å². The van der Waals surface area contributed by atoms with Crippen LogP contribution in [0.25, 0.3) is 0 Å². The third-order valence-corrected chi connectivity index (χ3v) is 2.99. The summed E-state index contributed by atoms with van der Waals surface area (Å²) in [5.74, 6) is 0. The van der Waals surface area contributed by atoms with Gasteiger partial charge < -0.3 is 5.32 Å². The van der Waals surface area contributed by atoms with Crippen LogP contribution in [-0.4, -0.2) is 15.2 Å². The predicted molar refractivity (Wildman–Crippen MR) is 73.0 cm³/mol. The van der Waals surface area contributed by atoms with E-state index in [1.54, 1.807) is 12.3 Å². The Morgan fingerprint density at radius 2 is 2.11 bits per heavy atom. The molecule has 0 amide bonds. The zero-order chi connectivity index (χ0) is 13.0. The summed E-state index contributed by atoms with van der Waals surface area (Å²) in [6, 6.07) is 5.63. The van der Waals surface area contributed by atoms with Crippen molar-refractivity contribution in [3.05, 3.63) is 46.0 Å². The summed E-state index contributed by atoms with van der Waals surface area (Å²) in [4.78, 5) is 4.34. The van der Waals surface area contributed by atoms with E-state index in [-0.39, 0.29) is 0 Å². The van der Waals surface area contributed by atoms with Crippen molar-refractivity contribution in [3.63, 3.8) is 0 Å². The number of aromatic nitrogens is 3. The SMILES string of the molecule is CCc1cccnc1CNc1cc(Cl)nnc1Cl. The monoisotopic (exact) mass is 282 g/mol. The van der Waals surface area contributed by atoms with Gasteiger partial charge in [0, 0.05) is 12.3 Å². The van der Waals surface area contributed by atoms with Gasteiger partial charge in [0.15, 0.2) is 10.3 Å². The van der Waals surface area contributed by atoms with Crippen molar-refractivity contribution < 1.29 is 0 Å². The van der Waals surface area contributed by atoms with E-state index in [1.165, 1.54) is 5.56 Å². The molecule has 0 atom stereocenters. The van der Waals surface area contributed by atoms with Crippen molar-refractivity contribution in [2.75, 3.05) is 5.32 Å². The maximum atomic E-state index is 5.92. The highest BCUT2D eigenvalue weighted by Gasteiger charge is 2.06. The fraction of sp³-hybridized carbons (Fsp3) is 0.250. The fourth-order valence-corrected chi connectivity index (χ4v) is 1.91. The number of pyridine rings is 1. The zero-order valence-corrected chi connectivity index (χ0v) is 11.3. The van der Waals surface area contributed by atoms with E-state index < -0.39 is 0 Å². The Bertz CT molecular complexity index is 545. The summed E-state index contributed by atoms with van der Waals surface area (Å²) in [7, 11) is 0. The van der Waals surface area contributed by atoms with Gasteiger partial charge in [-0.1, -0.05) is 36.2 Å². The minimum atomic E-state index is 0.299. The lowest BCUT2D eigenvalue weighted by atomic mass is 10.1. The number of hydrogen-bond donors (Lipinski definition) is 1. The summed E-state index contributed by atoms with van der Waals surface area (Å²) in [5, 5.41) is 11.2. The van der Waals surface area contributed by atoms with Crippen LogP contribution < -0.4 is 5.32 Å². The van der Waals surface area contributed by atoms with Crippen LogP contribution in [0.1, 0.15) is 18.2 Å². The first-order valence-corrected chi connectivity index (χ1v) is 6.31. The van der Waals surface area contributed by atoms with Crippen molar-refractivity contribution >= 4 is 28.9 Å². The highest BCUT2D eigenvalue weighted by molar-refractivity contribution is 6.33. The average Bonchev–Trinajstić information content (AvgIpc) is 2.40. The minimum absolute atomic E-state index is 0.299. The fourth-order valence-electron chi connectivity index (χ4n) is 1.61. The molecule has 0 aliphatic heterocycles. The molecule has 0 bridgehead atoms. The van der Waals surface area contributed by atoms with Crippen LogP contribution in [0, 0.1) is 0 Å². The molecule has 94 valence electrons. The van der Waals surface area contributed by atoms with Crippen molar-refractivity contribution in [1.82, 2.24) is 15.2 Å². The Morgan fingerprint density at radius 3 is 2.89 bits per heavy atom. The molecular formula is C12H12Cl2N4. The largest absolute Gasteiger partial charge is 0.377 e. The van der Waals surface area contributed by atoms with Crippen molar-refractivity contribution in [1.29, 1.82) is 0 Å². The van der Waals surface area contributed by atoms with Crippen LogP contribution in [0.2, 0.25) is 10.3 Å². The topological polar surface area (TPSA) is 50.7 Å². The molecule has 2 aromatic rings. The second-order valence-electron chi connectivity index (χ2n) is 3.69. The van der Waals surface area contributed by atoms with Gasteiger partial charge in [-0.15, -0.1) is 10.2 Å². The van der Waals surface area contributed by atoms with Crippen LogP contribution in [0.15, 0.2) is 24.4 Å². The van der Waals surface area contributed by atoms with Gasteiger partial charge in [-0.3, -0.25) is 4.98 Å². The Morgan fingerprint density at radius 1 is 1.28 bits per heavy atom.